The summed E-state index contributed by atoms with van der Waals surface area (Å²) >= 11 is 0. The monoisotopic (exact) mass is 353 g/mol. The lowest BCUT2D eigenvalue weighted by Gasteiger charge is -2.17. The van der Waals surface area contributed by atoms with Crippen LogP contribution in [0.25, 0.3) is 0 Å². The molecule has 2 aromatic carbocycles. The van der Waals surface area contributed by atoms with E-state index in [0.717, 1.165) is 24.2 Å². The minimum absolute atomic E-state index is 0.0378. The van der Waals surface area contributed by atoms with E-state index in [1.807, 2.05) is 38.1 Å². The lowest BCUT2D eigenvalue weighted by atomic mass is 10.0. The molecule has 0 radical (unpaired) electrons. The summed E-state index contributed by atoms with van der Waals surface area (Å²) in [5.41, 5.74) is 3.80. The van der Waals surface area contributed by atoms with Crippen molar-refractivity contribution in [2.75, 3.05) is 6.54 Å². The molecule has 0 saturated carbocycles. The maximum atomic E-state index is 12.4. The normalized spacial score (nSPS) is 12.0. The summed E-state index contributed by atoms with van der Waals surface area (Å²) in [7, 11) is 0. The highest BCUT2D eigenvalue weighted by Crippen LogP contribution is 2.16. The van der Waals surface area contributed by atoms with Gasteiger partial charge in [0, 0.05) is 6.54 Å². The van der Waals surface area contributed by atoms with E-state index in [1.54, 1.807) is 0 Å². The van der Waals surface area contributed by atoms with Crippen molar-refractivity contribution >= 4 is 5.91 Å². The molecule has 26 heavy (non-hydrogen) atoms. The fourth-order valence-corrected chi connectivity index (χ4v) is 2.86. The summed E-state index contributed by atoms with van der Waals surface area (Å²) in [6, 6.07) is 16.6. The average Bonchev–Trinajstić information content (AvgIpc) is 2.63. The molecule has 1 atom stereocenters. The zero-order valence-corrected chi connectivity index (χ0v) is 16.4. The first-order valence-corrected chi connectivity index (χ1v) is 9.59. The van der Waals surface area contributed by atoms with E-state index >= 15 is 0 Å². The van der Waals surface area contributed by atoms with Crippen LogP contribution in [0, 0.1) is 6.92 Å². The summed E-state index contributed by atoms with van der Waals surface area (Å²) in [5, 5.41) is 3.00. The standard InChI is InChI=1S/C23H31NO2/c1-5-22(26-21-10-6-8-18(4)16-21)23(25)24-15-7-9-19-11-13-20(14-12-19)17(2)3/h6,8,10-14,16-17,22H,5,7,9,15H2,1-4H3,(H,24,25)/t22-/m1/s1. The Kier molecular flexibility index (Phi) is 7.71. The first-order chi connectivity index (χ1) is 12.5. The highest BCUT2D eigenvalue weighted by Gasteiger charge is 2.17. The Labute approximate surface area is 157 Å². The second-order valence-electron chi connectivity index (χ2n) is 7.12. The van der Waals surface area contributed by atoms with Crippen molar-refractivity contribution in [3.05, 3.63) is 65.2 Å². The minimum Gasteiger partial charge on any atom is -0.481 e. The number of hydrogen-bond acceptors (Lipinski definition) is 2. The number of amides is 1. The fourth-order valence-electron chi connectivity index (χ4n) is 2.86. The van der Waals surface area contributed by atoms with Crippen molar-refractivity contribution in [3.8, 4) is 5.75 Å². The molecule has 0 saturated heterocycles. The highest BCUT2D eigenvalue weighted by molar-refractivity contribution is 5.81. The highest BCUT2D eigenvalue weighted by atomic mass is 16.5. The molecule has 3 nitrogen and oxygen atoms in total. The van der Waals surface area contributed by atoms with E-state index in [1.165, 1.54) is 11.1 Å². The van der Waals surface area contributed by atoms with E-state index in [4.69, 9.17) is 4.74 Å². The third-order valence-electron chi connectivity index (χ3n) is 4.52. The van der Waals surface area contributed by atoms with Crippen LogP contribution in [0.15, 0.2) is 48.5 Å². The van der Waals surface area contributed by atoms with Gasteiger partial charge in [0.2, 0.25) is 0 Å². The Balaban J connectivity index is 1.76. The summed E-state index contributed by atoms with van der Waals surface area (Å²) in [6.07, 6.45) is 2.10. The van der Waals surface area contributed by atoms with Crippen molar-refractivity contribution < 1.29 is 9.53 Å². The molecular weight excluding hydrogens is 322 g/mol. The molecule has 0 spiro atoms. The number of carbonyl (C=O) groups excluding carboxylic acids is 1. The number of aryl methyl sites for hydroxylation is 2. The number of ether oxygens (including phenoxy) is 1. The summed E-state index contributed by atoms with van der Waals surface area (Å²) in [6.45, 7) is 9.05. The molecule has 0 aliphatic rings. The van der Waals surface area contributed by atoms with Crippen LogP contribution in [-0.2, 0) is 11.2 Å². The van der Waals surface area contributed by atoms with Crippen molar-refractivity contribution in [1.82, 2.24) is 5.32 Å². The van der Waals surface area contributed by atoms with Crippen LogP contribution in [0.3, 0.4) is 0 Å². The molecule has 0 aliphatic heterocycles. The van der Waals surface area contributed by atoms with Gasteiger partial charge in [-0.3, -0.25) is 4.79 Å². The number of carbonyl (C=O) groups is 1. The topological polar surface area (TPSA) is 38.3 Å². The van der Waals surface area contributed by atoms with Crippen LogP contribution in [-0.4, -0.2) is 18.6 Å². The van der Waals surface area contributed by atoms with Crippen LogP contribution in [0.1, 0.15) is 56.2 Å². The van der Waals surface area contributed by atoms with Gasteiger partial charge >= 0.3 is 0 Å². The molecule has 2 rings (SSSR count). The third-order valence-corrected chi connectivity index (χ3v) is 4.52. The lowest BCUT2D eigenvalue weighted by molar-refractivity contribution is -0.128. The molecule has 0 unspecified atom stereocenters. The maximum Gasteiger partial charge on any atom is 0.261 e. The van der Waals surface area contributed by atoms with Gasteiger partial charge in [0.25, 0.3) is 5.91 Å². The second-order valence-corrected chi connectivity index (χ2v) is 7.12. The van der Waals surface area contributed by atoms with Crippen LogP contribution in [0.5, 0.6) is 5.75 Å². The summed E-state index contributed by atoms with van der Waals surface area (Å²) in [4.78, 5) is 12.4. The Morgan fingerprint density at radius 2 is 1.85 bits per heavy atom. The number of nitrogens with one attached hydrogen (secondary N) is 1. The fraction of sp³-hybridized carbons (Fsp3) is 0.435. The van der Waals surface area contributed by atoms with E-state index in [9.17, 15) is 4.79 Å². The maximum absolute atomic E-state index is 12.4. The van der Waals surface area contributed by atoms with Crippen LogP contribution < -0.4 is 10.1 Å². The smallest absolute Gasteiger partial charge is 0.261 e. The van der Waals surface area contributed by atoms with Gasteiger partial charge < -0.3 is 10.1 Å². The van der Waals surface area contributed by atoms with Gasteiger partial charge in [-0.15, -0.1) is 0 Å². The van der Waals surface area contributed by atoms with Gasteiger partial charge in [-0.25, -0.2) is 0 Å². The molecule has 3 heteroatoms. The third kappa shape index (κ3) is 6.21. The molecule has 0 bridgehead atoms. The van der Waals surface area contributed by atoms with E-state index in [0.29, 0.717) is 18.9 Å². The molecule has 0 aromatic heterocycles. The predicted molar refractivity (Wildman–Crippen MR) is 108 cm³/mol. The van der Waals surface area contributed by atoms with Gasteiger partial charge in [-0.1, -0.05) is 57.2 Å². The first-order valence-electron chi connectivity index (χ1n) is 9.59. The van der Waals surface area contributed by atoms with E-state index in [-0.39, 0.29) is 5.91 Å². The number of hydrogen-bond donors (Lipinski definition) is 1. The van der Waals surface area contributed by atoms with Gasteiger partial charge in [0.05, 0.1) is 0 Å². The molecule has 2 aromatic rings. The Morgan fingerprint density at radius 1 is 1.12 bits per heavy atom. The molecule has 1 N–H and O–H groups in total. The van der Waals surface area contributed by atoms with Crippen molar-refractivity contribution in [1.29, 1.82) is 0 Å². The van der Waals surface area contributed by atoms with Crippen LogP contribution in [0.4, 0.5) is 0 Å². The minimum atomic E-state index is -0.442. The quantitative estimate of drug-likeness (QED) is 0.643. The van der Waals surface area contributed by atoms with Crippen LogP contribution >= 0.6 is 0 Å². The molecule has 0 aliphatic carbocycles. The van der Waals surface area contributed by atoms with Gasteiger partial charge in [-0.2, -0.15) is 0 Å². The Hall–Kier alpha value is -2.29. The molecule has 0 fully saturated rings. The van der Waals surface area contributed by atoms with Crippen LogP contribution in [0.2, 0.25) is 0 Å². The molecular formula is C23H31NO2. The SMILES string of the molecule is CC[C@@H](Oc1cccc(C)c1)C(=O)NCCCc1ccc(C(C)C)cc1. The molecule has 0 heterocycles. The van der Waals surface area contributed by atoms with Crippen molar-refractivity contribution in [2.45, 2.75) is 59.0 Å². The zero-order chi connectivity index (χ0) is 18.9. The summed E-state index contributed by atoms with van der Waals surface area (Å²) < 4.78 is 5.85. The van der Waals surface area contributed by atoms with E-state index in [2.05, 4.69) is 43.4 Å². The molecule has 1 amide bonds. The Morgan fingerprint density at radius 3 is 2.46 bits per heavy atom. The van der Waals surface area contributed by atoms with Gasteiger partial charge in [-0.05, 0) is 60.9 Å². The Bertz CT molecular complexity index is 692. The lowest BCUT2D eigenvalue weighted by Crippen LogP contribution is -2.38. The number of benzene rings is 2. The summed E-state index contributed by atoms with van der Waals surface area (Å²) in [5.74, 6) is 1.27. The first kappa shape index (κ1) is 20.0. The second kappa shape index (κ2) is 10.0. The zero-order valence-electron chi connectivity index (χ0n) is 16.4. The largest absolute Gasteiger partial charge is 0.481 e. The average molecular weight is 354 g/mol. The number of rotatable bonds is 9. The van der Waals surface area contributed by atoms with Crippen molar-refractivity contribution in [3.63, 3.8) is 0 Å². The van der Waals surface area contributed by atoms with Crippen molar-refractivity contribution in [2.24, 2.45) is 0 Å². The van der Waals surface area contributed by atoms with E-state index < -0.39 is 6.10 Å². The van der Waals surface area contributed by atoms with Gasteiger partial charge in [0.1, 0.15) is 5.75 Å². The van der Waals surface area contributed by atoms with Gasteiger partial charge in [0.15, 0.2) is 6.10 Å². The molecule has 140 valence electrons. The predicted octanol–water partition coefficient (Wildman–Crippen LogP) is 5.02.